The van der Waals surface area contributed by atoms with Crippen LogP contribution in [0.2, 0.25) is 0 Å². The number of ether oxygens (including phenoxy) is 4. The Balaban J connectivity index is 2.34. The van der Waals surface area contributed by atoms with Crippen LogP contribution in [0.5, 0.6) is 0 Å². The third kappa shape index (κ3) is 9.97. The maximum absolute atomic E-state index is 12.7. The summed E-state index contributed by atoms with van der Waals surface area (Å²) < 4.78 is 51.2. The highest BCUT2D eigenvalue weighted by Gasteiger charge is 2.46. The molecule has 0 radical (unpaired) electrons. The molecule has 0 aromatic heterocycles. The predicted octanol–water partition coefficient (Wildman–Crippen LogP) is 0.640. The zero-order chi connectivity index (χ0) is 31.0. The fourth-order valence-corrected chi connectivity index (χ4v) is 4.49. The first-order valence-electron chi connectivity index (χ1n) is 12.9. The van der Waals surface area contributed by atoms with Crippen LogP contribution in [0.1, 0.15) is 40.2 Å². The Morgan fingerprint density at radius 3 is 2.07 bits per heavy atom. The summed E-state index contributed by atoms with van der Waals surface area (Å²) in [6.07, 6.45) is -6.38. The van der Waals surface area contributed by atoms with Crippen LogP contribution in [0.4, 0.5) is 4.79 Å². The average molecular weight is 603 g/mol. The van der Waals surface area contributed by atoms with Gasteiger partial charge in [0, 0.05) is 6.20 Å². The number of carbonyl (C=O) groups excluding carboxylic acids is 3. The molecular formula is C26H38N2O12S. The number of aliphatic hydroxyl groups excluding tert-OH is 2. The minimum atomic E-state index is -4.28. The molecule has 1 amide bonds. The van der Waals surface area contributed by atoms with Gasteiger partial charge in [0.05, 0.1) is 30.8 Å². The highest BCUT2D eigenvalue weighted by atomic mass is 32.2. The van der Waals surface area contributed by atoms with Crippen molar-refractivity contribution in [3.05, 3.63) is 41.6 Å². The third-order valence-electron chi connectivity index (χ3n) is 5.51. The number of carbonyl (C=O) groups is 3. The summed E-state index contributed by atoms with van der Waals surface area (Å²) in [4.78, 5) is 36.9. The number of hydrogen-bond donors (Lipinski definition) is 4. The Bertz CT molecular complexity index is 1170. The molecule has 0 spiro atoms. The van der Waals surface area contributed by atoms with Gasteiger partial charge in [-0.15, -0.1) is 0 Å². The number of aryl methyl sites for hydroxylation is 1. The smallest absolute Gasteiger partial charge is 0.408 e. The van der Waals surface area contributed by atoms with Crippen molar-refractivity contribution in [2.45, 2.75) is 82.6 Å². The lowest BCUT2D eigenvalue weighted by molar-refractivity contribution is -0.196. The minimum absolute atomic E-state index is 0.0406. The molecular weight excluding hydrogens is 564 g/mol. The summed E-state index contributed by atoms with van der Waals surface area (Å²) >= 11 is 0. The van der Waals surface area contributed by atoms with E-state index in [4.69, 9.17) is 23.1 Å². The average Bonchev–Trinajstić information content (AvgIpc) is 2.86. The molecule has 1 fully saturated rings. The molecule has 2 rings (SSSR count). The minimum Gasteiger partial charge on any atom is -0.462 e. The second-order valence-corrected chi connectivity index (χ2v) is 11.6. The molecule has 1 heterocycles. The van der Waals surface area contributed by atoms with Gasteiger partial charge in [0.2, 0.25) is 0 Å². The summed E-state index contributed by atoms with van der Waals surface area (Å²) in [6.45, 7) is 8.87. The SMILES string of the molecule is CCOC(=O)C(=CN[C@@H]1OC(COS(=O)(=O)c2ccc(C)cc2)[C@@H](O)C(NC(=O)OC(C)(C)C)C1O)C(=O)OCC. The van der Waals surface area contributed by atoms with Gasteiger partial charge < -0.3 is 39.8 Å². The van der Waals surface area contributed by atoms with Gasteiger partial charge in [-0.2, -0.15) is 8.42 Å². The predicted molar refractivity (Wildman–Crippen MR) is 143 cm³/mol. The fraction of sp³-hybridized carbons (Fsp3) is 0.577. The number of amides is 1. The van der Waals surface area contributed by atoms with Crippen LogP contribution in [0.3, 0.4) is 0 Å². The van der Waals surface area contributed by atoms with Crippen LogP contribution < -0.4 is 10.6 Å². The van der Waals surface area contributed by atoms with Crippen LogP contribution in [-0.4, -0.2) is 92.7 Å². The number of hydrogen-bond acceptors (Lipinski definition) is 13. The Kier molecular flexibility index (Phi) is 12.1. The van der Waals surface area contributed by atoms with Gasteiger partial charge in [0.1, 0.15) is 23.9 Å². The second-order valence-electron chi connectivity index (χ2n) is 9.97. The molecule has 41 heavy (non-hydrogen) atoms. The van der Waals surface area contributed by atoms with E-state index in [-0.39, 0.29) is 18.1 Å². The number of benzene rings is 1. The van der Waals surface area contributed by atoms with Crippen molar-refractivity contribution < 1.29 is 56.1 Å². The van der Waals surface area contributed by atoms with E-state index in [2.05, 4.69) is 10.6 Å². The normalized spacial score (nSPS) is 22.7. The molecule has 15 heteroatoms. The van der Waals surface area contributed by atoms with E-state index in [0.717, 1.165) is 11.8 Å². The zero-order valence-corrected chi connectivity index (χ0v) is 24.6. The Morgan fingerprint density at radius 2 is 1.56 bits per heavy atom. The monoisotopic (exact) mass is 602 g/mol. The van der Waals surface area contributed by atoms with Crippen LogP contribution in [0.15, 0.2) is 40.9 Å². The highest BCUT2D eigenvalue weighted by molar-refractivity contribution is 7.86. The molecule has 1 saturated heterocycles. The van der Waals surface area contributed by atoms with Crippen molar-refractivity contribution >= 4 is 28.1 Å². The van der Waals surface area contributed by atoms with E-state index in [1.807, 2.05) is 0 Å². The van der Waals surface area contributed by atoms with E-state index >= 15 is 0 Å². The lowest BCUT2D eigenvalue weighted by Crippen LogP contribution is -2.67. The molecule has 0 saturated carbocycles. The summed E-state index contributed by atoms with van der Waals surface area (Å²) in [5.41, 5.74) is -0.640. The van der Waals surface area contributed by atoms with E-state index in [0.29, 0.717) is 0 Å². The molecule has 5 atom stereocenters. The van der Waals surface area contributed by atoms with Crippen LogP contribution in [-0.2, 0) is 42.8 Å². The molecule has 1 aliphatic heterocycles. The largest absolute Gasteiger partial charge is 0.462 e. The van der Waals surface area contributed by atoms with Gasteiger partial charge in [0.25, 0.3) is 10.1 Å². The summed E-state index contributed by atoms with van der Waals surface area (Å²) in [7, 11) is -4.28. The molecule has 1 aromatic carbocycles. The van der Waals surface area contributed by atoms with Crippen molar-refractivity contribution in [1.29, 1.82) is 0 Å². The fourth-order valence-electron chi connectivity index (χ4n) is 3.57. The number of rotatable bonds is 11. The first-order chi connectivity index (χ1) is 19.1. The standard InChI is InChI=1S/C26H38N2O12S/c1-7-36-23(31)17(24(32)37-8-2)13-27-22-21(30)19(28-25(33)40-26(4,5)6)20(29)18(39-22)14-38-41(34,35)16-11-9-15(3)10-12-16/h9-13,18-22,27,29-30H,7-8,14H2,1-6H3,(H,28,33)/t18?,19?,20-,21?,22-/m1/s1. The molecule has 0 bridgehead atoms. The first kappa shape index (κ1) is 34.0. The van der Waals surface area contributed by atoms with Gasteiger partial charge in [-0.1, -0.05) is 17.7 Å². The Labute approximate surface area is 239 Å². The van der Waals surface area contributed by atoms with Gasteiger partial charge in [-0.3, -0.25) is 4.18 Å². The number of aliphatic hydroxyl groups is 2. The van der Waals surface area contributed by atoms with Gasteiger partial charge in [-0.05, 0) is 53.7 Å². The van der Waals surface area contributed by atoms with Crippen molar-refractivity contribution in [2.24, 2.45) is 0 Å². The lowest BCUT2D eigenvalue weighted by atomic mass is 9.95. The van der Waals surface area contributed by atoms with Gasteiger partial charge in [0.15, 0.2) is 11.8 Å². The quantitative estimate of drug-likeness (QED) is 0.0688. The van der Waals surface area contributed by atoms with Gasteiger partial charge in [-0.25, -0.2) is 14.4 Å². The number of alkyl carbamates (subject to hydrolysis) is 1. The zero-order valence-electron chi connectivity index (χ0n) is 23.8. The van der Waals surface area contributed by atoms with Crippen molar-refractivity contribution in [3.63, 3.8) is 0 Å². The topological polar surface area (TPSA) is 196 Å². The molecule has 1 aromatic rings. The van der Waals surface area contributed by atoms with Crippen LogP contribution in [0.25, 0.3) is 0 Å². The van der Waals surface area contributed by atoms with E-state index in [1.165, 1.54) is 26.0 Å². The van der Waals surface area contributed by atoms with Crippen LogP contribution >= 0.6 is 0 Å². The van der Waals surface area contributed by atoms with Gasteiger partial charge >= 0.3 is 18.0 Å². The van der Waals surface area contributed by atoms with Crippen molar-refractivity contribution in [1.82, 2.24) is 10.6 Å². The number of esters is 2. The highest BCUT2D eigenvalue weighted by Crippen LogP contribution is 2.23. The van der Waals surface area contributed by atoms with E-state index < -0.39 is 76.5 Å². The lowest BCUT2D eigenvalue weighted by Gasteiger charge is -2.42. The summed E-state index contributed by atoms with van der Waals surface area (Å²) in [6, 6.07) is 4.39. The molecule has 14 nitrogen and oxygen atoms in total. The molecule has 1 aliphatic rings. The molecule has 0 aliphatic carbocycles. The number of nitrogens with one attached hydrogen (secondary N) is 2. The Morgan fingerprint density at radius 1 is 1.00 bits per heavy atom. The van der Waals surface area contributed by atoms with Crippen molar-refractivity contribution in [3.8, 4) is 0 Å². The third-order valence-corrected chi connectivity index (χ3v) is 6.81. The molecule has 3 unspecified atom stereocenters. The summed E-state index contributed by atoms with van der Waals surface area (Å²) in [5, 5.41) is 26.8. The van der Waals surface area contributed by atoms with E-state index in [1.54, 1.807) is 39.8 Å². The maximum atomic E-state index is 12.7. The molecule has 230 valence electrons. The second kappa shape index (κ2) is 14.6. The maximum Gasteiger partial charge on any atom is 0.408 e. The Hall–Kier alpha value is -3.24. The first-order valence-corrected chi connectivity index (χ1v) is 14.3. The van der Waals surface area contributed by atoms with E-state index in [9.17, 15) is 33.0 Å². The molecule has 4 N–H and O–H groups in total. The summed E-state index contributed by atoms with van der Waals surface area (Å²) in [5.74, 6) is -2.03. The van der Waals surface area contributed by atoms with Crippen LogP contribution in [0, 0.1) is 6.92 Å². The van der Waals surface area contributed by atoms with Crippen molar-refractivity contribution in [2.75, 3.05) is 19.8 Å².